The van der Waals surface area contributed by atoms with E-state index in [1.54, 1.807) is 30.3 Å². The Morgan fingerprint density at radius 2 is 1.77 bits per heavy atom. The van der Waals surface area contributed by atoms with Crippen LogP contribution in [0.2, 0.25) is 0 Å². The van der Waals surface area contributed by atoms with E-state index >= 15 is 0 Å². The van der Waals surface area contributed by atoms with Gasteiger partial charge in [-0.05, 0) is 40.2 Å². The number of carbonyl (C=O) groups is 1. The van der Waals surface area contributed by atoms with Crippen molar-refractivity contribution in [2.45, 2.75) is 0 Å². The molecule has 2 aromatic rings. The van der Waals surface area contributed by atoms with E-state index in [1.165, 1.54) is 14.2 Å². The van der Waals surface area contributed by atoms with Gasteiger partial charge in [-0.25, -0.2) is 0 Å². The molecule has 0 aliphatic heterocycles. The zero-order valence-electron chi connectivity index (χ0n) is 11.9. The molecule has 0 aliphatic rings. The van der Waals surface area contributed by atoms with E-state index in [2.05, 4.69) is 37.2 Å². The standard InChI is InChI=1S/C15H14Br2N2O3/c1-21-12-4-3-8(16)5-10(12)15(20)19-14-11(17)6-9(18)7-13(14)22-2/h3-7H,18H2,1-2H3,(H,19,20). The zero-order valence-corrected chi connectivity index (χ0v) is 15.1. The van der Waals surface area contributed by atoms with Gasteiger partial charge in [0, 0.05) is 20.7 Å². The minimum atomic E-state index is -0.318. The van der Waals surface area contributed by atoms with Crippen LogP contribution < -0.4 is 20.5 Å². The third-order valence-electron chi connectivity index (χ3n) is 2.94. The van der Waals surface area contributed by atoms with Crippen molar-refractivity contribution < 1.29 is 14.3 Å². The number of ether oxygens (including phenoxy) is 2. The summed E-state index contributed by atoms with van der Waals surface area (Å²) in [5, 5.41) is 2.81. The highest BCUT2D eigenvalue weighted by Crippen LogP contribution is 2.36. The van der Waals surface area contributed by atoms with E-state index < -0.39 is 0 Å². The molecule has 5 nitrogen and oxygen atoms in total. The van der Waals surface area contributed by atoms with Crippen LogP contribution in [0.3, 0.4) is 0 Å². The number of amides is 1. The summed E-state index contributed by atoms with van der Waals surface area (Å²) in [7, 11) is 3.02. The first kappa shape index (κ1) is 16.6. The fraction of sp³-hybridized carbons (Fsp3) is 0.133. The number of benzene rings is 2. The Labute approximate surface area is 145 Å². The lowest BCUT2D eigenvalue weighted by Gasteiger charge is -2.14. The number of nitrogen functional groups attached to an aromatic ring is 1. The van der Waals surface area contributed by atoms with Crippen molar-refractivity contribution in [3.8, 4) is 11.5 Å². The van der Waals surface area contributed by atoms with Crippen molar-refractivity contribution in [1.29, 1.82) is 0 Å². The first-order chi connectivity index (χ1) is 10.5. The highest BCUT2D eigenvalue weighted by Gasteiger charge is 2.17. The molecule has 0 aliphatic carbocycles. The lowest BCUT2D eigenvalue weighted by molar-refractivity contribution is 0.102. The van der Waals surface area contributed by atoms with Gasteiger partial charge in [0.1, 0.15) is 11.5 Å². The third-order valence-corrected chi connectivity index (χ3v) is 4.06. The van der Waals surface area contributed by atoms with Gasteiger partial charge in [-0.15, -0.1) is 0 Å². The average Bonchev–Trinajstić information content (AvgIpc) is 2.49. The van der Waals surface area contributed by atoms with E-state index in [-0.39, 0.29) is 5.91 Å². The van der Waals surface area contributed by atoms with Crippen LogP contribution in [-0.2, 0) is 0 Å². The van der Waals surface area contributed by atoms with Crippen molar-refractivity contribution in [2.75, 3.05) is 25.3 Å². The van der Waals surface area contributed by atoms with Gasteiger partial charge in [0.15, 0.2) is 0 Å². The van der Waals surface area contributed by atoms with Gasteiger partial charge >= 0.3 is 0 Å². The molecule has 7 heteroatoms. The number of rotatable bonds is 4. The second-order valence-corrected chi connectivity index (χ2v) is 6.15. The molecule has 0 bridgehead atoms. The summed E-state index contributed by atoms with van der Waals surface area (Å²) in [5.74, 6) is 0.627. The van der Waals surface area contributed by atoms with Crippen LogP contribution >= 0.6 is 31.9 Å². The monoisotopic (exact) mass is 428 g/mol. The molecular weight excluding hydrogens is 416 g/mol. The Kier molecular flexibility index (Phi) is 5.31. The number of methoxy groups -OCH3 is 2. The Bertz CT molecular complexity index is 720. The maximum atomic E-state index is 12.5. The molecule has 3 N–H and O–H groups in total. The van der Waals surface area contributed by atoms with Gasteiger partial charge in [0.05, 0.1) is 25.5 Å². The number of anilines is 2. The van der Waals surface area contributed by atoms with E-state index in [0.717, 1.165) is 4.47 Å². The molecule has 0 saturated carbocycles. The highest BCUT2D eigenvalue weighted by atomic mass is 79.9. The molecule has 1 amide bonds. The van der Waals surface area contributed by atoms with E-state index in [4.69, 9.17) is 15.2 Å². The van der Waals surface area contributed by atoms with Crippen LogP contribution in [0.15, 0.2) is 39.3 Å². The predicted molar refractivity (Wildman–Crippen MR) is 93.8 cm³/mol. The smallest absolute Gasteiger partial charge is 0.259 e. The molecule has 0 saturated heterocycles. The maximum Gasteiger partial charge on any atom is 0.259 e. The van der Waals surface area contributed by atoms with Crippen LogP contribution in [0.1, 0.15) is 10.4 Å². The summed E-state index contributed by atoms with van der Waals surface area (Å²) in [6.45, 7) is 0. The summed E-state index contributed by atoms with van der Waals surface area (Å²) >= 11 is 6.72. The van der Waals surface area contributed by atoms with Gasteiger partial charge in [-0.1, -0.05) is 15.9 Å². The van der Waals surface area contributed by atoms with Crippen LogP contribution in [0, 0.1) is 0 Å². The molecule has 0 radical (unpaired) electrons. The minimum Gasteiger partial charge on any atom is -0.496 e. The molecule has 0 unspecified atom stereocenters. The molecule has 2 aromatic carbocycles. The first-order valence-electron chi connectivity index (χ1n) is 6.24. The summed E-state index contributed by atoms with van der Waals surface area (Å²) in [4.78, 5) is 12.5. The summed E-state index contributed by atoms with van der Waals surface area (Å²) in [5.41, 5.74) is 7.20. The number of nitrogens with one attached hydrogen (secondary N) is 1. The number of hydrogen-bond acceptors (Lipinski definition) is 4. The number of nitrogens with two attached hydrogens (primary N) is 1. The van der Waals surface area contributed by atoms with Crippen LogP contribution in [0.4, 0.5) is 11.4 Å². The lowest BCUT2D eigenvalue weighted by atomic mass is 10.1. The molecule has 0 atom stereocenters. The largest absolute Gasteiger partial charge is 0.496 e. The van der Waals surface area contributed by atoms with Gasteiger partial charge in [-0.3, -0.25) is 4.79 Å². The molecule has 2 rings (SSSR count). The number of halogens is 2. The second-order valence-electron chi connectivity index (χ2n) is 4.38. The van der Waals surface area contributed by atoms with Gasteiger partial charge in [0.2, 0.25) is 0 Å². The van der Waals surface area contributed by atoms with Crippen LogP contribution in [0.5, 0.6) is 11.5 Å². The van der Waals surface area contributed by atoms with Gasteiger partial charge in [-0.2, -0.15) is 0 Å². The van der Waals surface area contributed by atoms with E-state index in [9.17, 15) is 4.79 Å². The Hall–Kier alpha value is -1.73. The number of carbonyl (C=O) groups excluding carboxylic acids is 1. The van der Waals surface area contributed by atoms with Crippen molar-refractivity contribution in [3.63, 3.8) is 0 Å². The summed E-state index contributed by atoms with van der Waals surface area (Å²) in [6, 6.07) is 8.53. The van der Waals surface area contributed by atoms with E-state index in [1.807, 2.05) is 0 Å². The van der Waals surface area contributed by atoms with Crippen molar-refractivity contribution >= 4 is 49.1 Å². The minimum absolute atomic E-state index is 0.318. The fourth-order valence-electron chi connectivity index (χ4n) is 1.92. The Morgan fingerprint density at radius 1 is 1.09 bits per heavy atom. The van der Waals surface area contributed by atoms with Crippen molar-refractivity contribution in [3.05, 3.63) is 44.8 Å². The van der Waals surface area contributed by atoms with E-state index in [0.29, 0.717) is 32.9 Å². The topological polar surface area (TPSA) is 73.6 Å². The second kappa shape index (κ2) is 7.02. The van der Waals surface area contributed by atoms with Gasteiger partial charge < -0.3 is 20.5 Å². The molecule has 0 fully saturated rings. The quantitative estimate of drug-likeness (QED) is 0.718. The molecule has 0 spiro atoms. The molecule has 22 heavy (non-hydrogen) atoms. The predicted octanol–water partition coefficient (Wildman–Crippen LogP) is 4.06. The molecule has 116 valence electrons. The van der Waals surface area contributed by atoms with Crippen LogP contribution in [-0.4, -0.2) is 20.1 Å². The Morgan fingerprint density at radius 3 is 2.41 bits per heavy atom. The SMILES string of the molecule is COc1ccc(Br)cc1C(=O)Nc1c(Br)cc(N)cc1OC. The number of hydrogen-bond donors (Lipinski definition) is 2. The normalized spacial score (nSPS) is 10.2. The lowest BCUT2D eigenvalue weighted by Crippen LogP contribution is -2.14. The van der Waals surface area contributed by atoms with Gasteiger partial charge in [0.25, 0.3) is 5.91 Å². The zero-order chi connectivity index (χ0) is 16.3. The fourth-order valence-corrected chi connectivity index (χ4v) is 2.84. The average molecular weight is 430 g/mol. The Balaban J connectivity index is 2.40. The third kappa shape index (κ3) is 3.53. The first-order valence-corrected chi connectivity index (χ1v) is 7.82. The summed E-state index contributed by atoms with van der Waals surface area (Å²) in [6.07, 6.45) is 0. The van der Waals surface area contributed by atoms with Crippen molar-refractivity contribution in [2.24, 2.45) is 0 Å². The summed E-state index contributed by atoms with van der Waals surface area (Å²) < 4.78 is 11.9. The molecular formula is C15H14Br2N2O3. The maximum absolute atomic E-state index is 12.5. The molecule has 0 aromatic heterocycles. The highest BCUT2D eigenvalue weighted by molar-refractivity contribution is 9.10. The van der Waals surface area contributed by atoms with Crippen LogP contribution in [0.25, 0.3) is 0 Å². The molecule has 0 heterocycles. The van der Waals surface area contributed by atoms with Crippen molar-refractivity contribution in [1.82, 2.24) is 0 Å².